The summed E-state index contributed by atoms with van der Waals surface area (Å²) in [5.74, 6) is 0.273. The van der Waals surface area contributed by atoms with Crippen LogP contribution in [0.2, 0.25) is 10.0 Å². The Bertz CT molecular complexity index is 289. The molecule has 0 spiro atoms. The second-order valence-corrected chi connectivity index (χ2v) is 3.10. The van der Waals surface area contributed by atoms with Crippen molar-refractivity contribution in [1.29, 1.82) is 0 Å². The summed E-state index contributed by atoms with van der Waals surface area (Å²) >= 11 is 11.5. The average Bonchev–Trinajstić information content (AvgIpc) is 2.01. The maximum atomic E-state index is 11.8. The van der Waals surface area contributed by atoms with Gasteiger partial charge in [0.15, 0.2) is 0 Å². The molecule has 0 aliphatic carbocycles. The van der Waals surface area contributed by atoms with E-state index in [1.54, 1.807) is 6.07 Å². The highest BCUT2D eigenvalue weighted by atomic mass is 35.5. The maximum absolute atomic E-state index is 11.8. The molecule has 0 amide bonds. The summed E-state index contributed by atoms with van der Waals surface area (Å²) in [6, 6.07) is 3.13. The first kappa shape index (κ1) is 9.62. The van der Waals surface area contributed by atoms with Crippen molar-refractivity contribution in [2.24, 2.45) is 0 Å². The highest BCUT2D eigenvalue weighted by Gasteiger charge is 2.04. The quantitative estimate of drug-likeness (QED) is 0.722. The molecule has 0 aliphatic heterocycles. The zero-order valence-corrected chi connectivity index (χ0v) is 7.92. The fraction of sp³-hybridized carbons (Fsp3) is 0.250. The van der Waals surface area contributed by atoms with E-state index in [-0.39, 0.29) is 5.75 Å². The summed E-state index contributed by atoms with van der Waals surface area (Å²) in [4.78, 5) is 0. The summed E-state index contributed by atoms with van der Waals surface area (Å²) in [5, 5.41) is 0.886. The first-order chi connectivity index (χ1) is 5.65. The molecule has 0 fully saturated rings. The van der Waals surface area contributed by atoms with E-state index >= 15 is 0 Å². The van der Waals surface area contributed by atoms with E-state index < -0.39 is 6.86 Å². The van der Waals surface area contributed by atoms with Gasteiger partial charge in [0.05, 0.1) is 5.02 Å². The molecule has 0 radical (unpaired) electrons. The monoisotopic (exact) mass is 208 g/mol. The number of ether oxygens (including phenoxy) is 1. The van der Waals surface area contributed by atoms with Crippen molar-refractivity contribution >= 4 is 23.2 Å². The second kappa shape index (κ2) is 3.97. The van der Waals surface area contributed by atoms with E-state index in [0.717, 1.165) is 5.56 Å². The van der Waals surface area contributed by atoms with Crippen molar-refractivity contribution in [3.05, 3.63) is 27.7 Å². The van der Waals surface area contributed by atoms with Crippen LogP contribution in [-0.4, -0.2) is 6.86 Å². The van der Waals surface area contributed by atoms with Crippen LogP contribution in [0.1, 0.15) is 5.56 Å². The molecular weight excluding hydrogens is 202 g/mol. The molecule has 0 N–H and O–H groups in total. The van der Waals surface area contributed by atoms with E-state index in [4.69, 9.17) is 23.2 Å². The normalized spacial score (nSPS) is 10.0. The van der Waals surface area contributed by atoms with Gasteiger partial charge >= 0.3 is 0 Å². The number of hydrogen-bond donors (Lipinski definition) is 0. The molecule has 0 heterocycles. The van der Waals surface area contributed by atoms with Gasteiger partial charge in [-0.15, -0.1) is 0 Å². The van der Waals surface area contributed by atoms with Gasteiger partial charge < -0.3 is 4.74 Å². The van der Waals surface area contributed by atoms with Gasteiger partial charge in [0.1, 0.15) is 5.75 Å². The molecule has 66 valence electrons. The number of alkyl halides is 1. The van der Waals surface area contributed by atoms with E-state index in [1.165, 1.54) is 6.07 Å². The van der Waals surface area contributed by atoms with Gasteiger partial charge in [-0.1, -0.05) is 23.2 Å². The summed E-state index contributed by atoms with van der Waals surface area (Å²) in [6.07, 6.45) is 0. The molecular formula is C8H7Cl2FO. The Morgan fingerprint density at radius 3 is 2.58 bits per heavy atom. The third-order valence-electron chi connectivity index (χ3n) is 1.42. The molecule has 0 aliphatic rings. The van der Waals surface area contributed by atoms with Gasteiger partial charge in [0.25, 0.3) is 0 Å². The lowest BCUT2D eigenvalue weighted by Gasteiger charge is -2.05. The predicted octanol–water partition coefficient (Wildman–Crippen LogP) is 3.61. The van der Waals surface area contributed by atoms with Crippen LogP contribution in [0.15, 0.2) is 12.1 Å². The van der Waals surface area contributed by atoms with Gasteiger partial charge in [-0.05, 0) is 18.6 Å². The number of rotatable bonds is 2. The molecule has 0 unspecified atom stereocenters. The minimum atomic E-state index is -0.904. The van der Waals surface area contributed by atoms with Crippen molar-refractivity contribution < 1.29 is 9.13 Å². The van der Waals surface area contributed by atoms with Crippen LogP contribution >= 0.6 is 23.2 Å². The van der Waals surface area contributed by atoms with Gasteiger partial charge in [0, 0.05) is 11.1 Å². The lowest BCUT2D eigenvalue weighted by molar-refractivity contribution is 0.192. The van der Waals surface area contributed by atoms with Gasteiger partial charge in [-0.25, -0.2) is 4.39 Å². The third kappa shape index (κ3) is 2.02. The average molecular weight is 209 g/mol. The third-order valence-corrected chi connectivity index (χ3v) is 2.13. The molecule has 12 heavy (non-hydrogen) atoms. The fourth-order valence-corrected chi connectivity index (χ4v) is 1.22. The molecule has 0 atom stereocenters. The minimum absolute atomic E-state index is 0.273. The largest absolute Gasteiger partial charge is 0.461 e. The molecule has 1 aromatic rings. The Labute approximate surface area is 80.0 Å². The topological polar surface area (TPSA) is 9.23 Å². The molecule has 0 saturated carbocycles. The number of hydrogen-bond acceptors (Lipinski definition) is 1. The standard InChI is InChI=1S/C8H7Cl2FO/c1-5-2-7(10)8(12-4-11)3-6(5)9/h2-3H,4H2,1H3. The van der Waals surface area contributed by atoms with Crippen LogP contribution in [0.4, 0.5) is 4.39 Å². The maximum Gasteiger partial charge on any atom is 0.228 e. The Balaban J connectivity index is 3.05. The molecule has 0 saturated heterocycles. The second-order valence-electron chi connectivity index (χ2n) is 2.29. The Morgan fingerprint density at radius 2 is 2.00 bits per heavy atom. The highest BCUT2D eigenvalue weighted by Crippen LogP contribution is 2.30. The van der Waals surface area contributed by atoms with Crippen molar-refractivity contribution in [2.45, 2.75) is 6.92 Å². The van der Waals surface area contributed by atoms with E-state index in [9.17, 15) is 4.39 Å². The minimum Gasteiger partial charge on any atom is -0.461 e. The lowest BCUT2D eigenvalue weighted by atomic mass is 10.2. The van der Waals surface area contributed by atoms with Crippen LogP contribution in [0.25, 0.3) is 0 Å². The van der Waals surface area contributed by atoms with Gasteiger partial charge in [-0.2, -0.15) is 0 Å². The number of aryl methyl sites for hydroxylation is 1. The van der Waals surface area contributed by atoms with Crippen molar-refractivity contribution in [3.63, 3.8) is 0 Å². The van der Waals surface area contributed by atoms with Crippen molar-refractivity contribution in [3.8, 4) is 5.75 Å². The lowest BCUT2D eigenvalue weighted by Crippen LogP contribution is -1.91. The Morgan fingerprint density at radius 1 is 1.33 bits per heavy atom. The zero-order valence-electron chi connectivity index (χ0n) is 6.40. The van der Waals surface area contributed by atoms with E-state index in [2.05, 4.69) is 4.74 Å². The highest BCUT2D eigenvalue weighted by molar-refractivity contribution is 6.34. The summed E-state index contributed by atoms with van der Waals surface area (Å²) < 4.78 is 16.4. The molecule has 1 rings (SSSR count). The molecule has 1 aromatic carbocycles. The molecule has 4 heteroatoms. The van der Waals surface area contributed by atoms with Crippen LogP contribution < -0.4 is 4.74 Å². The van der Waals surface area contributed by atoms with Crippen LogP contribution in [0, 0.1) is 6.92 Å². The van der Waals surface area contributed by atoms with Crippen LogP contribution in [0.3, 0.4) is 0 Å². The van der Waals surface area contributed by atoms with E-state index in [1.807, 2.05) is 6.92 Å². The predicted molar refractivity (Wildman–Crippen MR) is 47.8 cm³/mol. The fourth-order valence-electron chi connectivity index (χ4n) is 0.797. The zero-order chi connectivity index (χ0) is 9.14. The van der Waals surface area contributed by atoms with Crippen LogP contribution in [0.5, 0.6) is 5.75 Å². The van der Waals surface area contributed by atoms with Crippen molar-refractivity contribution in [1.82, 2.24) is 0 Å². The molecule has 0 aromatic heterocycles. The molecule has 0 bridgehead atoms. The SMILES string of the molecule is Cc1cc(Cl)c(OCF)cc1Cl. The first-order valence-corrected chi connectivity index (χ1v) is 4.05. The molecule has 1 nitrogen and oxygen atoms in total. The first-order valence-electron chi connectivity index (χ1n) is 3.29. The Hall–Kier alpha value is -0.470. The summed E-state index contributed by atoms with van der Waals surface area (Å²) in [7, 11) is 0. The Kier molecular flexibility index (Phi) is 3.18. The summed E-state index contributed by atoms with van der Waals surface area (Å²) in [6.45, 7) is 0.909. The van der Waals surface area contributed by atoms with Gasteiger partial charge in [0.2, 0.25) is 6.86 Å². The van der Waals surface area contributed by atoms with Crippen LogP contribution in [-0.2, 0) is 0 Å². The number of benzene rings is 1. The van der Waals surface area contributed by atoms with E-state index in [0.29, 0.717) is 10.0 Å². The summed E-state index contributed by atoms with van der Waals surface area (Å²) in [5.41, 5.74) is 0.841. The van der Waals surface area contributed by atoms with Gasteiger partial charge in [-0.3, -0.25) is 0 Å². The van der Waals surface area contributed by atoms with Crippen molar-refractivity contribution in [2.75, 3.05) is 6.86 Å². The smallest absolute Gasteiger partial charge is 0.228 e. The number of halogens is 3.